The minimum Gasteiger partial charge on any atom is -0.466 e. The highest BCUT2D eigenvalue weighted by Gasteiger charge is 2.44. The van der Waals surface area contributed by atoms with E-state index in [0.717, 1.165) is 11.1 Å². The first-order chi connectivity index (χ1) is 16.9. The van der Waals surface area contributed by atoms with Gasteiger partial charge in [0.15, 0.2) is 0 Å². The van der Waals surface area contributed by atoms with Crippen molar-refractivity contribution in [1.82, 2.24) is 15.5 Å². The number of carbonyl (C=O) groups is 4. The molecule has 1 aliphatic carbocycles. The Balaban J connectivity index is 2.36. The molecule has 0 aromatic heterocycles. The van der Waals surface area contributed by atoms with Gasteiger partial charge in [-0.25, -0.2) is 4.79 Å². The fourth-order valence-corrected chi connectivity index (χ4v) is 3.78. The highest BCUT2D eigenvalue weighted by Crippen LogP contribution is 2.36. The molecule has 0 spiro atoms. The van der Waals surface area contributed by atoms with Gasteiger partial charge in [-0.3, -0.25) is 14.4 Å². The summed E-state index contributed by atoms with van der Waals surface area (Å²) < 4.78 is 10.2. The Hall–Kier alpha value is -3.14. The third-order valence-electron chi connectivity index (χ3n) is 5.56. The maximum absolute atomic E-state index is 13.7. The number of amides is 3. The molecular formula is C26H39N3O7. The Morgan fingerprint density at radius 2 is 1.83 bits per heavy atom. The molecule has 3 amide bonds. The van der Waals surface area contributed by atoms with Crippen LogP contribution in [-0.2, 0) is 23.9 Å². The number of benzene rings is 1. The molecule has 2 rings (SSSR count). The lowest BCUT2D eigenvalue weighted by Gasteiger charge is -2.35. The number of hydrogen-bond acceptors (Lipinski definition) is 7. The summed E-state index contributed by atoms with van der Waals surface area (Å²) in [7, 11) is 0. The van der Waals surface area contributed by atoms with Gasteiger partial charge in [0.25, 0.3) is 0 Å². The van der Waals surface area contributed by atoms with E-state index >= 15 is 0 Å². The van der Waals surface area contributed by atoms with Gasteiger partial charge in [0.05, 0.1) is 19.6 Å². The molecule has 0 heterocycles. The Bertz CT molecular complexity index is 953. The van der Waals surface area contributed by atoms with Crippen LogP contribution in [0, 0.1) is 13.8 Å². The van der Waals surface area contributed by atoms with Crippen molar-refractivity contribution in [2.45, 2.75) is 84.5 Å². The number of esters is 1. The fourth-order valence-electron chi connectivity index (χ4n) is 3.78. The van der Waals surface area contributed by atoms with Gasteiger partial charge in [0, 0.05) is 12.6 Å². The van der Waals surface area contributed by atoms with E-state index in [0.29, 0.717) is 18.4 Å². The van der Waals surface area contributed by atoms with E-state index in [9.17, 15) is 24.3 Å². The minimum absolute atomic E-state index is 0.00403. The average molecular weight is 506 g/mol. The maximum atomic E-state index is 13.7. The molecular weight excluding hydrogens is 466 g/mol. The first-order valence-electron chi connectivity index (χ1n) is 12.3. The van der Waals surface area contributed by atoms with Crippen LogP contribution in [0.15, 0.2) is 18.2 Å². The largest absolute Gasteiger partial charge is 0.466 e. The number of aliphatic hydroxyl groups is 1. The van der Waals surface area contributed by atoms with Crippen molar-refractivity contribution in [1.29, 1.82) is 0 Å². The van der Waals surface area contributed by atoms with E-state index < -0.39 is 48.2 Å². The van der Waals surface area contributed by atoms with Gasteiger partial charge in [0.1, 0.15) is 17.7 Å². The smallest absolute Gasteiger partial charge is 0.408 e. The molecule has 1 saturated carbocycles. The van der Waals surface area contributed by atoms with E-state index in [-0.39, 0.29) is 25.6 Å². The number of nitrogens with one attached hydrogen (secondary N) is 2. The predicted molar refractivity (Wildman–Crippen MR) is 133 cm³/mol. The van der Waals surface area contributed by atoms with Crippen molar-refractivity contribution in [3.63, 3.8) is 0 Å². The van der Waals surface area contributed by atoms with E-state index in [2.05, 4.69) is 10.6 Å². The van der Waals surface area contributed by atoms with Crippen molar-refractivity contribution >= 4 is 23.9 Å². The summed E-state index contributed by atoms with van der Waals surface area (Å²) in [5.74, 6) is -1.47. The monoisotopic (exact) mass is 505 g/mol. The van der Waals surface area contributed by atoms with Crippen molar-refractivity contribution in [2.75, 3.05) is 19.8 Å². The maximum Gasteiger partial charge on any atom is 0.408 e. The van der Waals surface area contributed by atoms with Gasteiger partial charge < -0.3 is 30.1 Å². The normalized spacial score (nSPS) is 14.9. The Morgan fingerprint density at radius 3 is 2.39 bits per heavy atom. The molecule has 0 radical (unpaired) electrons. The van der Waals surface area contributed by atoms with Gasteiger partial charge in [-0.15, -0.1) is 0 Å². The molecule has 1 aliphatic rings. The summed E-state index contributed by atoms with van der Waals surface area (Å²) in [6, 6.07) is 3.11. The van der Waals surface area contributed by atoms with Crippen LogP contribution in [0.1, 0.15) is 69.7 Å². The number of aliphatic hydroxyl groups excluding tert-OH is 1. The van der Waals surface area contributed by atoms with Crippen molar-refractivity contribution in [3.05, 3.63) is 34.9 Å². The summed E-state index contributed by atoms with van der Waals surface area (Å²) >= 11 is 0. The van der Waals surface area contributed by atoms with E-state index in [1.54, 1.807) is 27.7 Å². The number of rotatable bonds is 11. The molecule has 10 heteroatoms. The van der Waals surface area contributed by atoms with Crippen LogP contribution < -0.4 is 10.6 Å². The zero-order valence-electron chi connectivity index (χ0n) is 22.1. The number of alkyl carbamates (subject to hydrolysis) is 1. The van der Waals surface area contributed by atoms with Gasteiger partial charge in [-0.2, -0.15) is 0 Å². The molecule has 0 bridgehead atoms. The molecule has 1 aromatic carbocycles. The number of carbonyl (C=O) groups excluding carboxylic acids is 4. The zero-order valence-corrected chi connectivity index (χ0v) is 22.1. The number of ether oxygens (including phenoxy) is 2. The molecule has 1 fully saturated rings. The predicted octanol–water partition coefficient (Wildman–Crippen LogP) is 2.29. The van der Waals surface area contributed by atoms with Crippen LogP contribution >= 0.6 is 0 Å². The Morgan fingerprint density at radius 1 is 1.17 bits per heavy atom. The highest BCUT2D eigenvalue weighted by atomic mass is 16.6. The van der Waals surface area contributed by atoms with Crippen molar-refractivity contribution in [3.8, 4) is 0 Å². The molecule has 0 saturated heterocycles. The first kappa shape index (κ1) is 29.1. The van der Waals surface area contributed by atoms with Crippen molar-refractivity contribution in [2.24, 2.45) is 0 Å². The third-order valence-corrected chi connectivity index (χ3v) is 5.56. The minimum atomic E-state index is -1.29. The third kappa shape index (κ3) is 8.51. The van der Waals surface area contributed by atoms with Gasteiger partial charge in [0.2, 0.25) is 11.8 Å². The second-order valence-corrected chi connectivity index (χ2v) is 9.97. The lowest BCUT2D eigenvalue weighted by Crippen LogP contribution is -2.55. The Kier molecular flexibility index (Phi) is 10.3. The van der Waals surface area contributed by atoms with Crippen molar-refractivity contribution < 1.29 is 33.8 Å². The molecule has 1 aromatic rings. The molecule has 36 heavy (non-hydrogen) atoms. The van der Waals surface area contributed by atoms with Crippen LogP contribution in [0.2, 0.25) is 0 Å². The summed E-state index contributed by atoms with van der Waals surface area (Å²) in [6.07, 6.45) is 0.533. The van der Waals surface area contributed by atoms with Crippen LogP contribution in [0.3, 0.4) is 0 Å². The first-order valence-corrected chi connectivity index (χ1v) is 12.3. The van der Waals surface area contributed by atoms with E-state index in [1.807, 2.05) is 32.0 Å². The number of hydrogen-bond donors (Lipinski definition) is 3. The van der Waals surface area contributed by atoms with E-state index in [4.69, 9.17) is 9.47 Å². The standard InChI is InChI=1S/C26H39N3O7/c1-7-35-21(31)12-13-27-23(32)22(19-14-16(2)8-9-17(19)3)29(18-10-11-18)24(33)20(15-30)28-25(34)36-26(4,5)6/h8-9,14,18,20,22,30H,7,10-13,15H2,1-6H3,(H,27,32)(H,28,34). The lowest BCUT2D eigenvalue weighted by atomic mass is 9.96. The summed E-state index contributed by atoms with van der Waals surface area (Å²) in [4.78, 5) is 52.7. The molecule has 2 unspecified atom stereocenters. The topological polar surface area (TPSA) is 134 Å². The van der Waals surface area contributed by atoms with Gasteiger partial charge in [-0.1, -0.05) is 23.8 Å². The second-order valence-electron chi connectivity index (χ2n) is 9.97. The molecule has 10 nitrogen and oxygen atoms in total. The lowest BCUT2D eigenvalue weighted by molar-refractivity contribution is -0.145. The quantitative estimate of drug-likeness (QED) is 0.393. The zero-order chi connectivity index (χ0) is 27.0. The summed E-state index contributed by atoms with van der Waals surface area (Å²) in [5, 5.41) is 15.2. The highest BCUT2D eigenvalue weighted by molar-refractivity contribution is 5.93. The number of aryl methyl sites for hydroxylation is 2. The van der Waals surface area contributed by atoms with Crippen LogP contribution in [-0.4, -0.2) is 71.3 Å². The molecule has 0 aliphatic heterocycles. The summed E-state index contributed by atoms with van der Waals surface area (Å²) in [5.41, 5.74) is 1.57. The Labute approximate surface area is 212 Å². The van der Waals surface area contributed by atoms with Gasteiger partial charge in [-0.05, 0) is 65.5 Å². The van der Waals surface area contributed by atoms with Crippen LogP contribution in [0.25, 0.3) is 0 Å². The SMILES string of the molecule is CCOC(=O)CCNC(=O)C(c1cc(C)ccc1C)N(C(=O)C(CO)NC(=O)OC(C)(C)C)C1CC1. The van der Waals surface area contributed by atoms with Crippen LogP contribution in [0.5, 0.6) is 0 Å². The molecule has 2 atom stereocenters. The molecule has 3 N–H and O–H groups in total. The molecule has 200 valence electrons. The van der Waals surface area contributed by atoms with Crippen LogP contribution in [0.4, 0.5) is 4.79 Å². The van der Waals surface area contributed by atoms with E-state index in [1.165, 1.54) is 4.90 Å². The number of nitrogens with zero attached hydrogens (tertiary/aromatic N) is 1. The second kappa shape index (κ2) is 12.7. The summed E-state index contributed by atoms with van der Waals surface area (Å²) in [6.45, 7) is 10.1. The fraction of sp³-hybridized carbons (Fsp3) is 0.615. The average Bonchev–Trinajstić information content (AvgIpc) is 3.61. The van der Waals surface area contributed by atoms with Gasteiger partial charge >= 0.3 is 12.1 Å².